The van der Waals surface area contributed by atoms with E-state index in [-0.39, 0.29) is 17.9 Å². The zero-order valence-corrected chi connectivity index (χ0v) is 24.7. The minimum atomic E-state index is -0.783. The van der Waals surface area contributed by atoms with Crippen LogP contribution in [0, 0.1) is 5.82 Å². The van der Waals surface area contributed by atoms with Crippen molar-refractivity contribution >= 4 is 11.9 Å². The lowest BCUT2D eigenvalue weighted by atomic mass is 10.1. The minimum Gasteiger partial charge on any atom is -0.494 e. The Labute approximate surface area is 240 Å². The normalized spacial score (nSPS) is 10.9. The Kier molecular flexibility index (Phi) is 17.4. The molecule has 0 amide bonds. The van der Waals surface area contributed by atoms with Crippen molar-refractivity contribution in [3.05, 3.63) is 59.4 Å². The fraction of sp³-hybridized carbons (Fsp3) is 0.588. The maximum Gasteiger partial charge on any atom is 0.343 e. The molecule has 0 radical (unpaired) electrons. The summed E-state index contributed by atoms with van der Waals surface area (Å²) in [5.41, 5.74) is 0.156. The average molecular weight is 557 g/mol. The molecule has 0 heterocycles. The maximum atomic E-state index is 14.5. The van der Waals surface area contributed by atoms with Crippen LogP contribution in [0.4, 0.5) is 4.39 Å². The average Bonchev–Trinajstić information content (AvgIpc) is 2.95. The third-order valence-electron chi connectivity index (χ3n) is 6.96. The van der Waals surface area contributed by atoms with Crippen molar-refractivity contribution in [3.8, 4) is 11.5 Å². The van der Waals surface area contributed by atoms with Gasteiger partial charge >= 0.3 is 11.9 Å². The minimum absolute atomic E-state index is 0.0243. The van der Waals surface area contributed by atoms with Crippen molar-refractivity contribution in [1.29, 1.82) is 0 Å². The van der Waals surface area contributed by atoms with E-state index in [0.717, 1.165) is 38.2 Å². The molecule has 0 bridgehead atoms. The first-order valence-electron chi connectivity index (χ1n) is 15.5. The van der Waals surface area contributed by atoms with E-state index in [9.17, 15) is 14.0 Å². The van der Waals surface area contributed by atoms with Crippen molar-refractivity contribution in [2.24, 2.45) is 0 Å². The molecule has 0 N–H and O–H groups in total. The number of hydrogen-bond donors (Lipinski definition) is 0. The van der Waals surface area contributed by atoms with Gasteiger partial charge in [-0.15, -0.1) is 0 Å². The largest absolute Gasteiger partial charge is 0.494 e. The van der Waals surface area contributed by atoms with Gasteiger partial charge in [0.15, 0.2) is 0 Å². The fourth-order valence-corrected chi connectivity index (χ4v) is 4.48. The van der Waals surface area contributed by atoms with Gasteiger partial charge in [-0.2, -0.15) is 0 Å². The lowest BCUT2D eigenvalue weighted by molar-refractivity contribution is 0.0492. The van der Waals surface area contributed by atoms with Crippen LogP contribution in [-0.4, -0.2) is 25.2 Å². The Morgan fingerprint density at radius 2 is 1.10 bits per heavy atom. The second-order valence-electron chi connectivity index (χ2n) is 10.5. The Morgan fingerprint density at radius 3 is 1.65 bits per heavy atom. The van der Waals surface area contributed by atoms with Gasteiger partial charge in [-0.3, -0.25) is 0 Å². The molecule has 5 nitrogen and oxygen atoms in total. The van der Waals surface area contributed by atoms with E-state index in [1.54, 1.807) is 24.3 Å². The molecular formula is C34H49FO5. The first-order valence-corrected chi connectivity index (χ1v) is 15.5. The van der Waals surface area contributed by atoms with E-state index in [1.165, 1.54) is 82.8 Å². The van der Waals surface area contributed by atoms with E-state index in [1.807, 2.05) is 0 Å². The Hall–Kier alpha value is -2.89. The van der Waals surface area contributed by atoms with Crippen LogP contribution < -0.4 is 9.47 Å². The van der Waals surface area contributed by atoms with E-state index in [4.69, 9.17) is 14.2 Å². The van der Waals surface area contributed by atoms with Gasteiger partial charge in [0.05, 0.1) is 24.3 Å². The predicted molar refractivity (Wildman–Crippen MR) is 159 cm³/mol. The second kappa shape index (κ2) is 20.9. The molecule has 0 aliphatic rings. The molecule has 2 aromatic carbocycles. The molecular weight excluding hydrogens is 507 g/mol. The predicted octanol–water partition coefficient (Wildman–Crippen LogP) is 9.86. The summed E-state index contributed by atoms with van der Waals surface area (Å²) in [7, 11) is 0. The number of carbonyl (C=O) groups excluding carboxylic acids is 2. The molecule has 0 saturated heterocycles. The van der Waals surface area contributed by atoms with Gasteiger partial charge in [0.25, 0.3) is 0 Å². The summed E-state index contributed by atoms with van der Waals surface area (Å²) in [6.07, 6.45) is 19.2. The number of hydrogen-bond acceptors (Lipinski definition) is 5. The van der Waals surface area contributed by atoms with Crippen LogP contribution in [0.25, 0.3) is 0 Å². The van der Waals surface area contributed by atoms with Crippen molar-refractivity contribution in [1.82, 2.24) is 0 Å². The molecule has 2 rings (SSSR count). The van der Waals surface area contributed by atoms with Crippen molar-refractivity contribution in [3.63, 3.8) is 0 Å². The molecule has 0 unspecified atom stereocenters. The topological polar surface area (TPSA) is 61.8 Å². The van der Waals surface area contributed by atoms with Crippen molar-refractivity contribution < 1.29 is 28.2 Å². The zero-order valence-electron chi connectivity index (χ0n) is 24.7. The van der Waals surface area contributed by atoms with E-state index in [0.29, 0.717) is 17.9 Å². The smallest absolute Gasteiger partial charge is 0.343 e. The molecule has 222 valence electrons. The number of carbonyl (C=O) groups is 2. The molecule has 40 heavy (non-hydrogen) atoms. The van der Waals surface area contributed by atoms with E-state index >= 15 is 0 Å². The molecule has 0 aliphatic carbocycles. The quantitative estimate of drug-likeness (QED) is 0.0820. The highest BCUT2D eigenvalue weighted by Crippen LogP contribution is 2.20. The summed E-state index contributed by atoms with van der Waals surface area (Å²) in [4.78, 5) is 24.7. The number of unbranched alkanes of at least 4 members (excludes halogenated alkanes) is 14. The number of rotatable bonds is 22. The molecule has 0 spiro atoms. The van der Waals surface area contributed by atoms with Crippen LogP contribution in [-0.2, 0) is 4.74 Å². The highest BCUT2D eigenvalue weighted by molar-refractivity contribution is 5.92. The number of esters is 2. The van der Waals surface area contributed by atoms with Gasteiger partial charge in [0, 0.05) is 6.07 Å². The monoisotopic (exact) mass is 556 g/mol. The lowest BCUT2D eigenvalue weighted by Crippen LogP contribution is -2.11. The molecule has 0 fully saturated rings. The van der Waals surface area contributed by atoms with Gasteiger partial charge in [-0.25, -0.2) is 14.0 Å². The summed E-state index contributed by atoms with van der Waals surface area (Å²) >= 11 is 0. The van der Waals surface area contributed by atoms with Gasteiger partial charge in [0.1, 0.15) is 17.3 Å². The zero-order chi connectivity index (χ0) is 28.8. The third kappa shape index (κ3) is 14.0. The fourth-order valence-electron chi connectivity index (χ4n) is 4.48. The van der Waals surface area contributed by atoms with Crippen LogP contribution in [0.2, 0.25) is 0 Å². The van der Waals surface area contributed by atoms with Crippen LogP contribution in [0.15, 0.2) is 42.5 Å². The molecule has 0 aliphatic heterocycles. The summed E-state index contributed by atoms with van der Waals surface area (Å²) in [6, 6.07) is 10.4. The van der Waals surface area contributed by atoms with Gasteiger partial charge in [0.2, 0.25) is 0 Å². The summed E-state index contributed by atoms with van der Waals surface area (Å²) in [5, 5.41) is 0. The maximum absolute atomic E-state index is 14.5. The first-order chi connectivity index (χ1) is 19.5. The van der Waals surface area contributed by atoms with Gasteiger partial charge in [-0.1, -0.05) is 104 Å². The van der Waals surface area contributed by atoms with Crippen LogP contribution in [0.5, 0.6) is 11.5 Å². The summed E-state index contributed by atoms with van der Waals surface area (Å²) in [6.45, 7) is 5.32. The van der Waals surface area contributed by atoms with Crippen LogP contribution in [0.1, 0.15) is 137 Å². The molecule has 6 heteroatoms. The molecule has 0 atom stereocenters. The Morgan fingerprint density at radius 1 is 0.600 bits per heavy atom. The Bertz CT molecular complexity index is 973. The highest BCUT2D eigenvalue weighted by Gasteiger charge is 2.16. The van der Waals surface area contributed by atoms with Crippen LogP contribution >= 0.6 is 0 Å². The van der Waals surface area contributed by atoms with Gasteiger partial charge in [-0.05, 0) is 49.2 Å². The first kappa shape index (κ1) is 33.3. The molecule has 0 aromatic heterocycles. The number of ether oxygens (including phenoxy) is 3. The highest BCUT2D eigenvalue weighted by atomic mass is 19.1. The van der Waals surface area contributed by atoms with E-state index < -0.39 is 17.8 Å². The van der Waals surface area contributed by atoms with Crippen molar-refractivity contribution in [2.75, 3.05) is 13.2 Å². The number of benzene rings is 2. The molecule has 0 saturated carbocycles. The van der Waals surface area contributed by atoms with Gasteiger partial charge < -0.3 is 14.2 Å². The third-order valence-corrected chi connectivity index (χ3v) is 6.96. The van der Waals surface area contributed by atoms with Crippen LogP contribution in [0.3, 0.4) is 0 Å². The number of halogens is 1. The summed E-state index contributed by atoms with van der Waals surface area (Å²) in [5.74, 6) is -1.39. The molecule has 2 aromatic rings. The standard InChI is InChI=1S/C34H49FO5/c1-3-5-7-9-11-12-13-14-16-17-25-38-29-21-19-28(20-22-29)33(36)40-30-23-24-31(32(35)27-30)34(37)39-26-18-15-10-8-6-4-2/h19-24,27H,3-18,25-26H2,1-2H3. The summed E-state index contributed by atoms with van der Waals surface area (Å²) < 4.78 is 30.8. The second-order valence-corrected chi connectivity index (χ2v) is 10.5. The van der Waals surface area contributed by atoms with Crippen molar-refractivity contribution in [2.45, 2.75) is 117 Å². The lowest BCUT2D eigenvalue weighted by Gasteiger charge is -2.09. The van der Waals surface area contributed by atoms with E-state index in [2.05, 4.69) is 13.8 Å². The SMILES string of the molecule is CCCCCCCCCCCCOc1ccc(C(=O)Oc2ccc(C(=O)OCCCCCCCC)c(F)c2)cc1. The Balaban J connectivity index is 1.66.